The fourth-order valence-electron chi connectivity index (χ4n) is 1.97. The molecule has 1 N–H and O–H groups in total. The van der Waals surface area contributed by atoms with Gasteiger partial charge in [-0.15, -0.1) is 0 Å². The van der Waals surface area contributed by atoms with E-state index in [1.807, 2.05) is 19.1 Å². The second-order valence-corrected chi connectivity index (χ2v) is 8.24. The SMILES string of the molecule is CC(NSC(C)(C)C)c1ccc(Oc2cccnc2C(F)(F)F)cc1. The molecule has 0 aliphatic carbocycles. The molecule has 0 amide bonds. The lowest BCUT2D eigenvalue weighted by atomic mass is 10.1. The van der Waals surface area contributed by atoms with Crippen molar-refractivity contribution < 1.29 is 17.9 Å². The van der Waals surface area contributed by atoms with E-state index in [2.05, 4.69) is 30.5 Å². The number of nitrogens with one attached hydrogen (secondary N) is 1. The summed E-state index contributed by atoms with van der Waals surface area (Å²) in [6, 6.07) is 9.75. The lowest BCUT2D eigenvalue weighted by Crippen LogP contribution is -2.19. The zero-order valence-electron chi connectivity index (χ0n) is 14.5. The van der Waals surface area contributed by atoms with Crippen LogP contribution in [-0.2, 0) is 6.18 Å². The molecule has 1 aromatic carbocycles. The number of pyridine rings is 1. The van der Waals surface area contributed by atoms with Crippen molar-refractivity contribution in [2.45, 2.75) is 44.7 Å². The summed E-state index contributed by atoms with van der Waals surface area (Å²) in [5.41, 5.74) is -0.0120. The summed E-state index contributed by atoms with van der Waals surface area (Å²) in [7, 11) is 0. The number of ether oxygens (including phenoxy) is 1. The molecule has 0 radical (unpaired) electrons. The molecule has 2 aromatic rings. The summed E-state index contributed by atoms with van der Waals surface area (Å²) in [6.07, 6.45) is -3.46. The van der Waals surface area contributed by atoms with E-state index in [4.69, 9.17) is 4.74 Å². The number of halogens is 3. The molecule has 3 nitrogen and oxygen atoms in total. The highest BCUT2D eigenvalue weighted by Crippen LogP contribution is 2.36. The van der Waals surface area contributed by atoms with Crippen LogP contribution in [0.4, 0.5) is 13.2 Å². The van der Waals surface area contributed by atoms with E-state index in [0.717, 1.165) is 11.8 Å². The highest BCUT2D eigenvalue weighted by molar-refractivity contribution is 7.98. The van der Waals surface area contributed by atoms with Gasteiger partial charge in [-0.1, -0.05) is 24.1 Å². The summed E-state index contributed by atoms with van der Waals surface area (Å²) in [4.78, 5) is 3.38. The summed E-state index contributed by atoms with van der Waals surface area (Å²) < 4.78 is 47.7. The lowest BCUT2D eigenvalue weighted by Gasteiger charge is -2.22. The first-order valence-corrected chi connectivity index (χ1v) is 8.61. The monoisotopic (exact) mass is 370 g/mol. The van der Waals surface area contributed by atoms with E-state index >= 15 is 0 Å². The molecule has 1 aromatic heterocycles. The molecule has 0 bridgehead atoms. The van der Waals surface area contributed by atoms with Crippen molar-refractivity contribution in [3.8, 4) is 11.5 Å². The van der Waals surface area contributed by atoms with Crippen LogP contribution in [0, 0.1) is 0 Å². The summed E-state index contributed by atoms with van der Waals surface area (Å²) in [5.74, 6) is 0.0233. The summed E-state index contributed by atoms with van der Waals surface area (Å²) in [6.45, 7) is 8.36. The number of benzene rings is 1. The Bertz CT molecular complexity index is 697. The molecular weight excluding hydrogens is 349 g/mol. The molecule has 0 aliphatic rings. The Hall–Kier alpha value is -1.73. The van der Waals surface area contributed by atoms with E-state index in [0.29, 0.717) is 5.75 Å². The molecule has 136 valence electrons. The zero-order chi connectivity index (χ0) is 18.7. The Morgan fingerprint density at radius 2 is 1.72 bits per heavy atom. The standard InChI is InChI=1S/C18H21F3N2OS/c1-12(23-25-17(2,3)4)13-7-9-14(10-8-13)24-15-6-5-11-22-16(15)18(19,20)21/h5-12,23H,1-4H3. The third-order valence-electron chi connectivity index (χ3n) is 3.19. The molecule has 25 heavy (non-hydrogen) atoms. The van der Waals surface area contributed by atoms with Gasteiger partial charge in [0.05, 0.1) is 0 Å². The Labute approximate surface area is 150 Å². The molecule has 0 saturated heterocycles. The number of nitrogens with zero attached hydrogens (tertiary/aromatic N) is 1. The third-order valence-corrected chi connectivity index (χ3v) is 4.27. The van der Waals surface area contributed by atoms with E-state index in [9.17, 15) is 13.2 Å². The van der Waals surface area contributed by atoms with Gasteiger partial charge in [-0.05, 0) is 57.5 Å². The minimum absolute atomic E-state index is 0.0889. The highest BCUT2D eigenvalue weighted by atomic mass is 32.2. The highest BCUT2D eigenvalue weighted by Gasteiger charge is 2.36. The minimum atomic E-state index is -4.56. The lowest BCUT2D eigenvalue weighted by molar-refractivity contribution is -0.142. The van der Waals surface area contributed by atoms with Crippen molar-refractivity contribution in [3.63, 3.8) is 0 Å². The Kier molecular flexibility index (Phi) is 6.00. The van der Waals surface area contributed by atoms with E-state index in [1.54, 1.807) is 24.1 Å². The van der Waals surface area contributed by atoms with E-state index in [1.165, 1.54) is 12.1 Å². The average molecular weight is 370 g/mol. The molecule has 0 spiro atoms. The fraction of sp³-hybridized carbons (Fsp3) is 0.389. The molecule has 0 aliphatic heterocycles. The maximum atomic E-state index is 12.9. The van der Waals surface area contributed by atoms with Gasteiger partial charge in [-0.2, -0.15) is 13.2 Å². The average Bonchev–Trinajstić information content (AvgIpc) is 2.52. The Morgan fingerprint density at radius 1 is 1.08 bits per heavy atom. The van der Waals surface area contributed by atoms with Crippen LogP contribution in [0.2, 0.25) is 0 Å². The number of rotatable bonds is 5. The zero-order valence-corrected chi connectivity index (χ0v) is 15.3. The van der Waals surface area contributed by atoms with Gasteiger partial charge in [0.1, 0.15) is 5.75 Å². The van der Waals surface area contributed by atoms with Crippen LogP contribution in [0.25, 0.3) is 0 Å². The predicted molar refractivity (Wildman–Crippen MR) is 94.6 cm³/mol. The number of hydrogen-bond acceptors (Lipinski definition) is 4. The van der Waals surface area contributed by atoms with Gasteiger partial charge in [-0.3, -0.25) is 4.72 Å². The maximum Gasteiger partial charge on any atom is 0.437 e. The van der Waals surface area contributed by atoms with Crippen LogP contribution in [0.3, 0.4) is 0 Å². The van der Waals surface area contributed by atoms with Gasteiger partial charge in [0.25, 0.3) is 0 Å². The third kappa shape index (κ3) is 5.93. The maximum absolute atomic E-state index is 12.9. The van der Waals surface area contributed by atoms with Crippen molar-refractivity contribution in [3.05, 3.63) is 53.9 Å². The van der Waals surface area contributed by atoms with Crippen LogP contribution < -0.4 is 9.46 Å². The van der Waals surface area contributed by atoms with Crippen LogP contribution in [0.5, 0.6) is 11.5 Å². The van der Waals surface area contributed by atoms with Gasteiger partial charge < -0.3 is 4.74 Å². The van der Waals surface area contributed by atoms with Crippen LogP contribution in [-0.4, -0.2) is 9.73 Å². The minimum Gasteiger partial charge on any atom is -0.455 e. The van der Waals surface area contributed by atoms with Crippen molar-refractivity contribution >= 4 is 11.9 Å². The molecule has 7 heteroatoms. The Balaban J connectivity index is 2.09. The Morgan fingerprint density at radius 3 is 2.28 bits per heavy atom. The molecular formula is C18H21F3N2OS. The summed E-state index contributed by atoms with van der Waals surface area (Å²) in [5, 5.41) is 0. The quantitative estimate of drug-likeness (QED) is 0.656. The first kappa shape index (κ1) is 19.6. The van der Waals surface area contributed by atoms with Crippen LogP contribution in [0.15, 0.2) is 42.6 Å². The molecule has 2 rings (SSSR count). The van der Waals surface area contributed by atoms with Gasteiger partial charge in [-0.25, -0.2) is 4.98 Å². The van der Waals surface area contributed by atoms with Crippen LogP contribution >= 0.6 is 11.9 Å². The normalized spacial score (nSPS) is 13.6. The van der Waals surface area contributed by atoms with Crippen molar-refractivity contribution in [2.24, 2.45) is 0 Å². The molecule has 1 heterocycles. The van der Waals surface area contributed by atoms with Gasteiger partial charge in [0, 0.05) is 17.0 Å². The molecule has 0 fully saturated rings. The van der Waals surface area contributed by atoms with Gasteiger partial charge >= 0.3 is 6.18 Å². The second kappa shape index (κ2) is 7.66. The fourth-order valence-corrected chi connectivity index (χ4v) is 2.64. The van der Waals surface area contributed by atoms with Gasteiger partial charge in [0.2, 0.25) is 0 Å². The smallest absolute Gasteiger partial charge is 0.437 e. The molecule has 0 saturated carbocycles. The van der Waals surface area contributed by atoms with E-state index < -0.39 is 11.9 Å². The molecule has 1 unspecified atom stereocenters. The van der Waals surface area contributed by atoms with Crippen molar-refractivity contribution in [1.82, 2.24) is 9.71 Å². The first-order chi connectivity index (χ1) is 11.6. The van der Waals surface area contributed by atoms with E-state index in [-0.39, 0.29) is 16.5 Å². The predicted octanol–water partition coefficient (Wildman–Crippen LogP) is 5.99. The van der Waals surface area contributed by atoms with Crippen molar-refractivity contribution in [1.29, 1.82) is 0 Å². The number of alkyl halides is 3. The summed E-state index contributed by atoms with van der Waals surface area (Å²) >= 11 is 1.63. The number of aromatic nitrogens is 1. The van der Waals surface area contributed by atoms with Crippen LogP contribution in [0.1, 0.15) is 45.0 Å². The topological polar surface area (TPSA) is 34.1 Å². The van der Waals surface area contributed by atoms with Gasteiger partial charge in [0.15, 0.2) is 11.4 Å². The number of hydrogen-bond donors (Lipinski definition) is 1. The first-order valence-electron chi connectivity index (χ1n) is 7.80. The largest absolute Gasteiger partial charge is 0.455 e. The second-order valence-electron chi connectivity index (χ2n) is 6.57. The molecule has 1 atom stereocenters. The van der Waals surface area contributed by atoms with Crippen molar-refractivity contribution in [2.75, 3.05) is 0 Å².